The molecule has 0 unspecified atom stereocenters. The summed E-state index contributed by atoms with van der Waals surface area (Å²) in [5, 5.41) is 10.5. The summed E-state index contributed by atoms with van der Waals surface area (Å²) in [7, 11) is 0. The summed E-state index contributed by atoms with van der Waals surface area (Å²) in [6.07, 6.45) is 0. The van der Waals surface area contributed by atoms with Crippen LogP contribution in [0.25, 0.3) is 98.7 Å². The molecule has 1 aliphatic rings. The zero-order valence-corrected chi connectivity index (χ0v) is 29.8. The third kappa shape index (κ3) is 4.62. The van der Waals surface area contributed by atoms with Gasteiger partial charge >= 0.3 is 0 Å². The van der Waals surface area contributed by atoms with Crippen molar-refractivity contribution in [3.8, 4) is 55.6 Å². The molecule has 0 spiro atoms. The van der Waals surface area contributed by atoms with E-state index in [1.807, 2.05) is 0 Å². The van der Waals surface area contributed by atoms with Gasteiger partial charge in [0.25, 0.3) is 0 Å². The van der Waals surface area contributed by atoms with Crippen LogP contribution in [0.1, 0.15) is 25.0 Å². The average molecular weight is 673 g/mol. The number of hydrogen-bond donors (Lipinski definition) is 0. The van der Waals surface area contributed by atoms with Crippen molar-refractivity contribution in [2.24, 2.45) is 0 Å². The Morgan fingerprint density at radius 2 is 0.698 bits per heavy atom. The van der Waals surface area contributed by atoms with E-state index in [1.165, 1.54) is 110 Å². The van der Waals surface area contributed by atoms with E-state index >= 15 is 0 Å². The van der Waals surface area contributed by atoms with Crippen LogP contribution in [-0.2, 0) is 5.41 Å². The Morgan fingerprint density at radius 3 is 1.32 bits per heavy atom. The van der Waals surface area contributed by atoms with Crippen LogP contribution < -0.4 is 0 Å². The van der Waals surface area contributed by atoms with Crippen LogP contribution in [0.2, 0.25) is 0 Å². The van der Waals surface area contributed by atoms with E-state index in [-0.39, 0.29) is 5.41 Å². The van der Waals surface area contributed by atoms with Gasteiger partial charge in [0.05, 0.1) is 0 Å². The van der Waals surface area contributed by atoms with Gasteiger partial charge in [0.15, 0.2) is 0 Å². The predicted molar refractivity (Wildman–Crippen MR) is 227 cm³/mol. The van der Waals surface area contributed by atoms with Crippen molar-refractivity contribution in [1.82, 2.24) is 0 Å². The second-order valence-corrected chi connectivity index (χ2v) is 15.3. The lowest BCUT2D eigenvalue weighted by Gasteiger charge is -2.22. The maximum atomic E-state index is 2.43. The second kappa shape index (κ2) is 11.2. The minimum Gasteiger partial charge on any atom is -0.0616 e. The topological polar surface area (TPSA) is 0 Å². The van der Waals surface area contributed by atoms with E-state index < -0.39 is 0 Å². The predicted octanol–water partition coefficient (Wildman–Crippen LogP) is 14.7. The summed E-state index contributed by atoms with van der Waals surface area (Å²) >= 11 is 0. The fourth-order valence-corrected chi connectivity index (χ4v) is 9.15. The summed E-state index contributed by atoms with van der Waals surface area (Å²) in [6, 6.07) is 67.9. The first-order valence-electron chi connectivity index (χ1n) is 18.7. The van der Waals surface area contributed by atoms with Gasteiger partial charge in [-0.2, -0.15) is 0 Å². The third-order valence-corrected chi connectivity index (χ3v) is 12.0. The SMILES string of the molecule is CC1(C)c2cc(-c3ccc(-c4ccc5ccccc5c4)cc3)ccc2-c2ccc(-c3ccc(-c4ccc5ccc6cccc7ccc4c5c67)cc3)cc21. The first-order chi connectivity index (χ1) is 26.0. The molecule has 0 fully saturated rings. The molecule has 1 aliphatic carbocycles. The van der Waals surface area contributed by atoms with Crippen molar-refractivity contribution >= 4 is 43.1 Å². The Kier molecular flexibility index (Phi) is 6.40. The number of hydrogen-bond acceptors (Lipinski definition) is 0. The van der Waals surface area contributed by atoms with E-state index in [0.29, 0.717) is 0 Å². The molecule has 0 N–H and O–H groups in total. The highest BCUT2D eigenvalue weighted by molar-refractivity contribution is 6.25. The molecular formula is C53H36. The van der Waals surface area contributed by atoms with Gasteiger partial charge in [-0.15, -0.1) is 0 Å². The molecule has 0 nitrogen and oxygen atoms in total. The minimum absolute atomic E-state index is 0.108. The molecule has 0 radical (unpaired) electrons. The highest BCUT2D eigenvalue weighted by atomic mass is 14.4. The summed E-state index contributed by atoms with van der Waals surface area (Å²) in [6.45, 7) is 4.76. The molecule has 0 saturated carbocycles. The number of fused-ring (bicyclic) bond motifs is 4. The highest BCUT2D eigenvalue weighted by Gasteiger charge is 2.36. The maximum Gasteiger partial charge on any atom is 0.0159 e. The zero-order valence-electron chi connectivity index (χ0n) is 29.8. The number of rotatable bonds is 4. The van der Waals surface area contributed by atoms with Crippen molar-refractivity contribution < 1.29 is 0 Å². The summed E-state index contributed by atoms with van der Waals surface area (Å²) < 4.78 is 0. The summed E-state index contributed by atoms with van der Waals surface area (Å²) in [4.78, 5) is 0. The van der Waals surface area contributed by atoms with E-state index in [1.54, 1.807) is 0 Å². The Hall–Kier alpha value is -6.50. The van der Waals surface area contributed by atoms with E-state index in [4.69, 9.17) is 0 Å². The molecule has 0 aromatic heterocycles. The molecule has 0 aliphatic heterocycles. The van der Waals surface area contributed by atoms with Crippen LogP contribution in [0.3, 0.4) is 0 Å². The first-order valence-corrected chi connectivity index (χ1v) is 18.7. The zero-order chi connectivity index (χ0) is 35.3. The molecule has 0 atom stereocenters. The van der Waals surface area contributed by atoms with Crippen LogP contribution in [0.15, 0.2) is 182 Å². The molecule has 0 saturated heterocycles. The fourth-order valence-electron chi connectivity index (χ4n) is 9.15. The summed E-state index contributed by atoms with van der Waals surface area (Å²) in [5.41, 5.74) is 15.4. The van der Waals surface area contributed by atoms with Crippen LogP contribution in [0.5, 0.6) is 0 Å². The molecule has 0 heteroatoms. The monoisotopic (exact) mass is 672 g/mol. The molecule has 0 amide bonds. The Labute approximate surface area is 310 Å². The lowest BCUT2D eigenvalue weighted by atomic mass is 9.80. The second-order valence-electron chi connectivity index (χ2n) is 15.3. The molecule has 248 valence electrons. The van der Waals surface area contributed by atoms with Crippen molar-refractivity contribution in [3.05, 3.63) is 193 Å². The van der Waals surface area contributed by atoms with Crippen LogP contribution in [0, 0.1) is 0 Å². The van der Waals surface area contributed by atoms with Gasteiger partial charge in [-0.3, -0.25) is 0 Å². The van der Waals surface area contributed by atoms with E-state index in [0.717, 1.165) is 0 Å². The van der Waals surface area contributed by atoms with Crippen LogP contribution >= 0.6 is 0 Å². The van der Waals surface area contributed by atoms with Gasteiger partial charge in [-0.05, 0) is 128 Å². The van der Waals surface area contributed by atoms with Gasteiger partial charge < -0.3 is 0 Å². The van der Waals surface area contributed by atoms with Gasteiger partial charge in [0.2, 0.25) is 0 Å². The molecule has 0 bridgehead atoms. The Balaban J connectivity index is 0.899. The average Bonchev–Trinajstić information content (AvgIpc) is 3.44. The van der Waals surface area contributed by atoms with E-state index in [2.05, 4.69) is 196 Å². The summed E-state index contributed by atoms with van der Waals surface area (Å²) in [5.74, 6) is 0. The smallest absolute Gasteiger partial charge is 0.0159 e. The van der Waals surface area contributed by atoms with Crippen molar-refractivity contribution in [2.75, 3.05) is 0 Å². The molecule has 10 aromatic carbocycles. The van der Waals surface area contributed by atoms with E-state index in [9.17, 15) is 0 Å². The van der Waals surface area contributed by atoms with Crippen LogP contribution in [-0.4, -0.2) is 0 Å². The van der Waals surface area contributed by atoms with Crippen LogP contribution in [0.4, 0.5) is 0 Å². The standard InChI is InChI=1S/C53H36/c1-53(2)49-31-43(35-12-10-34(11-13-35)42-21-16-33-6-3-4-7-41(33)30-42)24-27-46(49)47-28-25-44(32-50(47)53)36-14-17-37(18-15-36)45-26-22-40-20-19-38-8-5-9-39-23-29-48(45)52(40)51(38)39/h3-32H,1-2H3. The maximum absolute atomic E-state index is 2.43. The normalized spacial score (nSPS) is 13.2. The number of benzene rings is 10. The van der Waals surface area contributed by atoms with Crippen molar-refractivity contribution in [1.29, 1.82) is 0 Å². The molecule has 53 heavy (non-hydrogen) atoms. The highest BCUT2D eigenvalue weighted by Crippen LogP contribution is 2.51. The largest absolute Gasteiger partial charge is 0.0616 e. The lowest BCUT2D eigenvalue weighted by molar-refractivity contribution is 0.661. The van der Waals surface area contributed by atoms with Gasteiger partial charge in [-0.25, -0.2) is 0 Å². The Morgan fingerprint density at radius 1 is 0.283 bits per heavy atom. The molecule has 10 aromatic rings. The molecular weight excluding hydrogens is 637 g/mol. The fraction of sp³-hybridized carbons (Fsp3) is 0.0566. The minimum atomic E-state index is -0.108. The van der Waals surface area contributed by atoms with Gasteiger partial charge in [-0.1, -0.05) is 178 Å². The van der Waals surface area contributed by atoms with Crippen molar-refractivity contribution in [3.63, 3.8) is 0 Å². The van der Waals surface area contributed by atoms with Gasteiger partial charge in [0.1, 0.15) is 0 Å². The quantitative estimate of drug-likeness (QED) is 0.163. The van der Waals surface area contributed by atoms with Gasteiger partial charge in [0, 0.05) is 5.41 Å². The Bertz CT molecular complexity index is 3030. The first kappa shape index (κ1) is 30.2. The lowest BCUT2D eigenvalue weighted by Crippen LogP contribution is -2.15. The molecule has 11 rings (SSSR count). The third-order valence-electron chi connectivity index (χ3n) is 12.0. The van der Waals surface area contributed by atoms with Crippen molar-refractivity contribution in [2.45, 2.75) is 19.3 Å². The molecule has 0 heterocycles.